The van der Waals surface area contributed by atoms with Crippen molar-refractivity contribution < 1.29 is 9.13 Å². The maximum absolute atomic E-state index is 13.4. The number of halogens is 2. The first-order chi connectivity index (χ1) is 8.25. The molecule has 0 spiro atoms. The highest BCUT2D eigenvalue weighted by Gasteiger charge is 2.03. The van der Waals surface area contributed by atoms with Crippen molar-refractivity contribution in [1.82, 2.24) is 0 Å². The third-order valence-corrected chi connectivity index (χ3v) is 2.88. The van der Waals surface area contributed by atoms with Crippen molar-refractivity contribution in [2.75, 3.05) is 6.61 Å². The van der Waals surface area contributed by atoms with Gasteiger partial charge in [0.1, 0.15) is 0 Å². The number of hydrogen-bond acceptors (Lipinski definition) is 1. The van der Waals surface area contributed by atoms with Crippen molar-refractivity contribution in [3.8, 4) is 5.75 Å². The van der Waals surface area contributed by atoms with Crippen LogP contribution in [-0.4, -0.2) is 6.61 Å². The summed E-state index contributed by atoms with van der Waals surface area (Å²) < 4.78 is 19.5. The summed E-state index contributed by atoms with van der Waals surface area (Å²) in [6.07, 6.45) is 0.774. The normalized spacial score (nSPS) is 10.2. The smallest absolute Gasteiger partial charge is 0.166 e. The molecule has 0 aliphatic rings. The van der Waals surface area contributed by atoms with Gasteiger partial charge in [-0.05, 0) is 23.8 Å². The second kappa shape index (κ2) is 5.82. The quantitative estimate of drug-likeness (QED) is 0.821. The second-order valence-electron chi connectivity index (χ2n) is 3.66. The lowest BCUT2D eigenvalue weighted by Gasteiger charge is -2.07. The predicted molar refractivity (Wildman–Crippen MR) is 69.7 cm³/mol. The van der Waals surface area contributed by atoms with E-state index < -0.39 is 0 Å². The number of benzene rings is 2. The van der Waals surface area contributed by atoms with Crippen LogP contribution in [0.4, 0.5) is 4.39 Å². The van der Waals surface area contributed by atoms with Gasteiger partial charge in [-0.1, -0.05) is 46.3 Å². The molecule has 88 valence electrons. The van der Waals surface area contributed by atoms with Gasteiger partial charge < -0.3 is 4.74 Å². The van der Waals surface area contributed by atoms with Gasteiger partial charge in [-0.3, -0.25) is 0 Å². The van der Waals surface area contributed by atoms with Crippen LogP contribution < -0.4 is 4.74 Å². The van der Waals surface area contributed by atoms with E-state index in [-0.39, 0.29) is 5.82 Å². The Bertz CT molecular complexity index is 485. The number of ether oxygens (including phenoxy) is 1. The first-order valence-corrected chi connectivity index (χ1v) is 6.17. The summed E-state index contributed by atoms with van der Waals surface area (Å²) in [7, 11) is 0. The van der Waals surface area contributed by atoms with Crippen molar-refractivity contribution in [2.45, 2.75) is 6.42 Å². The summed E-state index contributed by atoms with van der Waals surface area (Å²) in [4.78, 5) is 0. The van der Waals surface area contributed by atoms with Crippen LogP contribution in [0.1, 0.15) is 5.56 Å². The van der Waals surface area contributed by atoms with Gasteiger partial charge in [-0.25, -0.2) is 4.39 Å². The van der Waals surface area contributed by atoms with E-state index in [0.29, 0.717) is 16.8 Å². The molecule has 0 saturated heterocycles. The monoisotopic (exact) mass is 294 g/mol. The van der Waals surface area contributed by atoms with Gasteiger partial charge >= 0.3 is 0 Å². The van der Waals surface area contributed by atoms with Crippen LogP contribution in [0.25, 0.3) is 0 Å². The van der Waals surface area contributed by atoms with Crippen molar-refractivity contribution in [2.24, 2.45) is 0 Å². The van der Waals surface area contributed by atoms with Gasteiger partial charge in [0, 0.05) is 10.9 Å². The van der Waals surface area contributed by atoms with Crippen LogP contribution in [0.3, 0.4) is 0 Å². The molecule has 3 heteroatoms. The van der Waals surface area contributed by atoms with Gasteiger partial charge in [0.2, 0.25) is 0 Å². The Hall–Kier alpha value is -1.35. The van der Waals surface area contributed by atoms with Crippen molar-refractivity contribution in [3.63, 3.8) is 0 Å². The molecule has 0 aliphatic carbocycles. The van der Waals surface area contributed by atoms with E-state index in [0.717, 1.165) is 6.42 Å². The molecule has 0 radical (unpaired) electrons. The van der Waals surface area contributed by atoms with Crippen LogP contribution >= 0.6 is 15.9 Å². The average molecular weight is 295 g/mol. The molecule has 0 aliphatic heterocycles. The molecule has 0 unspecified atom stereocenters. The van der Waals surface area contributed by atoms with Crippen LogP contribution in [0, 0.1) is 5.82 Å². The minimum atomic E-state index is -0.340. The summed E-state index contributed by atoms with van der Waals surface area (Å²) in [5, 5.41) is 0. The molecular formula is C14H12BrFO. The SMILES string of the molecule is Fc1cc(Br)ccc1OCCc1ccccc1. The van der Waals surface area contributed by atoms with Gasteiger partial charge in [0.05, 0.1) is 6.61 Å². The minimum absolute atomic E-state index is 0.295. The molecule has 1 nitrogen and oxygen atoms in total. The molecule has 0 amide bonds. The molecule has 2 aromatic rings. The van der Waals surface area contributed by atoms with Crippen LogP contribution in [0.5, 0.6) is 5.75 Å². The molecule has 0 N–H and O–H groups in total. The highest BCUT2D eigenvalue weighted by atomic mass is 79.9. The standard InChI is InChI=1S/C14H12BrFO/c15-12-6-7-14(13(16)10-12)17-9-8-11-4-2-1-3-5-11/h1-7,10H,8-9H2. The maximum Gasteiger partial charge on any atom is 0.166 e. The van der Waals surface area contributed by atoms with E-state index in [1.807, 2.05) is 30.3 Å². The van der Waals surface area contributed by atoms with Crippen molar-refractivity contribution in [3.05, 3.63) is 64.4 Å². The van der Waals surface area contributed by atoms with E-state index >= 15 is 0 Å². The number of rotatable bonds is 4. The summed E-state index contributed by atoms with van der Waals surface area (Å²) in [5.74, 6) is -0.0448. The van der Waals surface area contributed by atoms with Gasteiger partial charge in [0.15, 0.2) is 11.6 Å². The predicted octanol–water partition coefficient (Wildman–Crippen LogP) is 4.21. The molecular weight excluding hydrogens is 283 g/mol. The van der Waals surface area contributed by atoms with Crippen molar-refractivity contribution >= 4 is 15.9 Å². The molecule has 0 saturated carbocycles. The Morgan fingerprint density at radius 1 is 1.06 bits per heavy atom. The van der Waals surface area contributed by atoms with Crippen LogP contribution in [0.2, 0.25) is 0 Å². The molecule has 0 atom stereocenters. The Morgan fingerprint density at radius 3 is 2.53 bits per heavy atom. The van der Waals surface area contributed by atoms with Gasteiger partial charge in [0.25, 0.3) is 0 Å². The highest BCUT2D eigenvalue weighted by molar-refractivity contribution is 9.10. The van der Waals surface area contributed by atoms with Gasteiger partial charge in [-0.15, -0.1) is 0 Å². The minimum Gasteiger partial charge on any atom is -0.490 e. The lowest BCUT2D eigenvalue weighted by molar-refractivity contribution is 0.305. The van der Waals surface area contributed by atoms with Crippen molar-refractivity contribution in [1.29, 1.82) is 0 Å². The van der Waals surface area contributed by atoms with Crippen LogP contribution in [0.15, 0.2) is 53.0 Å². The first kappa shape index (κ1) is 12.1. The third-order valence-electron chi connectivity index (χ3n) is 2.39. The fourth-order valence-corrected chi connectivity index (χ4v) is 1.85. The van der Waals surface area contributed by atoms with E-state index in [9.17, 15) is 4.39 Å². The summed E-state index contributed by atoms with van der Waals surface area (Å²) in [5.41, 5.74) is 1.19. The van der Waals surface area contributed by atoms with Gasteiger partial charge in [-0.2, -0.15) is 0 Å². The van der Waals surface area contributed by atoms with E-state index in [1.165, 1.54) is 11.6 Å². The zero-order valence-electron chi connectivity index (χ0n) is 9.20. The fraction of sp³-hybridized carbons (Fsp3) is 0.143. The zero-order chi connectivity index (χ0) is 12.1. The number of hydrogen-bond donors (Lipinski definition) is 0. The molecule has 0 heterocycles. The van der Waals surface area contributed by atoms with E-state index in [4.69, 9.17) is 4.74 Å². The molecule has 2 rings (SSSR count). The third kappa shape index (κ3) is 3.56. The molecule has 17 heavy (non-hydrogen) atoms. The molecule has 0 fully saturated rings. The Balaban J connectivity index is 1.90. The largest absolute Gasteiger partial charge is 0.490 e. The first-order valence-electron chi connectivity index (χ1n) is 5.37. The molecule has 0 aromatic heterocycles. The Kier molecular flexibility index (Phi) is 4.15. The molecule has 0 bridgehead atoms. The average Bonchev–Trinajstić information content (AvgIpc) is 2.33. The lowest BCUT2D eigenvalue weighted by Crippen LogP contribution is -2.02. The van der Waals surface area contributed by atoms with E-state index in [2.05, 4.69) is 15.9 Å². The second-order valence-corrected chi connectivity index (χ2v) is 4.57. The lowest BCUT2D eigenvalue weighted by atomic mass is 10.2. The maximum atomic E-state index is 13.4. The summed E-state index contributed by atoms with van der Waals surface area (Å²) in [6.45, 7) is 0.475. The van der Waals surface area contributed by atoms with E-state index in [1.54, 1.807) is 12.1 Å². The van der Waals surface area contributed by atoms with Crippen LogP contribution in [-0.2, 0) is 6.42 Å². The highest BCUT2D eigenvalue weighted by Crippen LogP contribution is 2.21. The summed E-state index contributed by atoms with van der Waals surface area (Å²) >= 11 is 3.21. The Morgan fingerprint density at radius 2 is 1.82 bits per heavy atom. The summed E-state index contributed by atoms with van der Waals surface area (Å²) in [6, 6.07) is 14.8. The topological polar surface area (TPSA) is 9.23 Å². The zero-order valence-corrected chi connectivity index (χ0v) is 10.8. The fourth-order valence-electron chi connectivity index (χ4n) is 1.52. The molecule has 2 aromatic carbocycles. The Labute approximate surface area is 108 Å².